The van der Waals surface area contributed by atoms with Crippen LogP contribution in [0.3, 0.4) is 0 Å². The van der Waals surface area contributed by atoms with Crippen molar-refractivity contribution in [3.63, 3.8) is 0 Å². The fraction of sp³-hybridized carbons (Fsp3) is 0.273. The summed E-state index contributed by atoms with van der Waals surface area (Å²) in [4.78, 5) is 29.3. The topological polar surface area (TPSA) is 58.6 Å². The normalized spacial score (nSPS) is 14.2. The van der Waals surface area contributed by atoms with Crippen LogP contribution in [0.2, 0.25) is 5.02 Å². The van der Waals surface area contributed by atoms with E-state index < -0.39 is 6.04 Å². The summed E-state index contributed by atoms with van der Waals surface area (Å²) >= 11 is 6.13. The van der Waals surface area contributed by atoms with Crippen molar-refractivity contribution < 1.29 is 14.3 Å². The molecule has 1 aliphatic rings. The van der Waals surface area contributed by atoms with Gasteiger partial charge in [-0.05, 0) is 47.6 Å². The summed E-state index contributed by atoms with van der Waals surface area (Å²) in [6.45, 7) is 0.0914. The Morgan fingerprint density at radius 1 is 0.846 bits per heavy atom. The molecule has 1 atom stereocenters. The Labute approximate surface area is 234 Å². The summed E-state index contributed by atoms with van der Waals surface area (Å²) in [5.74, 6) is 0.265. The van der Waals surface area contributed by atoms with Gasteiger partial charge in [0.05, 0.1) is 0 Å². The van der Waals surface area contributed by atoms with E-state index in [4.69, 9.17) is 16.3 Å². The van der Waals surface area contributed by atoms with E-state index in [0.29, 0.717) is 17.2 Å². The van der Waals surface area contributed by atoms with Gasteiger partial charge in [-0.25, -0.2) is 0 Å². The van der Waals surface area contributed by atoms with Gasteiger partial charge in [0.1, 0.15) is 11.8 Å². The van der Waals surface area contributed by atoms with Crippen LogP contribution in [0, 0.1) is 0 Å². The van der Waals surface area contributed by atoms with Gasteiger partial charge in [0.25, 0.3) is 5.91 Å². The number of ether oxygens (including phenoxy) is 1. The maximum atomic E-state index is 13.9. The van der Waals surface area contributed by atoms with Crippen LogP contribution < -0.4 is 10.1 Å². The van der Waals surface area contributed by atoms with Gasteiger partial charge in [0, 0.05) is 29.4 Å². The fourth-order valence-electron chi connectivity index (χ4n) is 5.25. The minimum Gasteiger partial charge on any atom is -0.483 e. The lowest BCUT2D eigenvalue weighted by Gasteiger charge is -2.32. The van der Waals surface area contributed by atoms with E-state index in [1.54, 1.807) is 17.0 Å². The first-order valence-electron chi connectivity index (χ1n) is 13.6. The van der Waals surface area contributed by atoms with Crippen LogP contribution in [0.25, 0.3) is 10.8 Å². The molecule has 1 fully saturated rings. The molecule has 1 saturated carbocycles. The molecule has 39 heavy (non-hydrogen) atoms. The summed E-state index contributed by atoms with van der Waals surface area (Å²) < 4.78 is 6.09. The van der Waals surface area contributed by atoms with E-state index in [1.165, 1.54) is 0 Å². The largest absolute Gasteiger partial charge is 0.483 e. The van der Waals surface area contributed by atoms with Crippen LogP contribution in [-0.2, 0) is 22.6 Å². The first-order valence-corrected chi connectivity index (χ1v) is 13.9. The van der Waals surface area contributed by atoms with Crippen molar-refractivity contribution in [1.29, 1.82) is 0 Å². The molecule has 5 nitrogen and oxygen atoms in total. The number of rotatable bonds is 10. The smallest absolute Gasteiger partial charge is 0.261 e. The first-order chi connectivity index (χ1) is 19.1. The molecule has 0 spiro atoms. The van der Waals surface area contributed by atoms with Crippen LogP contribution in [0.1, 0.15) is 36.8 Å². The summed E-state index contributed by atoms with van der Waals surface area (Å²) in [7, 11) is 0. The van der Waals surface area contributed by atoms with E-state index in [9.17, 15) is 9.59 Å². The number of carbonyl (C=O) groups excluding carboxylic acids is 2. The monoisotopic (exact) mass is 540 g/mol. The predicted octanol–water partition coefficient (Wildman–Crippen LogP) is 6.57. The highest BCUT2D eigenvalue weighted by Crippen LogP contribution is 2.26. The van der Waals surface area contributed by atoms with Gasteiger partial charge in [-0.2, -0.15) is 0 Å². The maximum Gasteiger partial charge on any atom is 0.261 e. The predicted molar refractivity (Wildman–Crippen MR) is 156 cm³/mol. The third-order valence-electron chi connectivity index (χ3n) is 7.34. The Hall–Kier alpha value is -3.83. The molecule has 0 unspecified atom stereocenters. The van der Waals surface area contributed by atoms with Gasteiger partial charge in [-0.3, -0.25) is 9.59 Å². The van der Waals surface area contributed by atoms with Crippen LogP contribution in [0.15, 0.2) is 97.1 Å². The lowest BCUT2D eigenvalue weighted by Crippen LogP contribution is -2.53. The number of benzene rings is 4. The van der Waals surface area contributed by atoms with E-state index in [2.05, 4.69) is 5.32 Å². The molecule has 4 aromatic carbocycles. The highest BCUT2D eigenvalue weighted by atomic mass is 35.5. The molecule has 200 valence electrons. The third kappa shape index (κ3) is 6.98. The van der Waals surface area contributed by atoms with Crippen LogP contribution in [-0.4, -0.2) is 35.4 Å². The number of nitrogens with zero attached hydrogens (tertiary/aromatic N) is 1. The van der Waals surface area contributed by atoms with Crippen molar-refractivity contribution in [2.75, 3.05) is 6.61 Å². The first kappa shape index (κ1) is 26.8. The zero-order chi connectivity index (χ0) is 27.0. The average molecular weight is 541 g/mol. The van der Waals surface area contributed by atoms with Gasteiger partial charge >= 0.3 is 0 Å². The molecular formula is C33H33ClN2O3. The number of halogens is 1. The van der Waals surface area contributed by atoms with Crippen molar-refractivity contribution in [2.45, 2.75) is 50.7 Å². The second-order valence-corrected chi connectivity index (χ2v) is 10.5. The van der Waals surface area contributed by atoms with E-state index in [-0.39, 0.29) is 31.0 Å². The molecule has 0 heterocycles. The molecule has 1 N–H and O–H groups in total. The Bertz CT molecular complexity index is 1400. The van der Waals surface area contributed by atoms with Crippen molar-refractivity contribution in [1.82, 2.24) is 10.2 Å². The number of hydrogen-bond donors (Lipinski definition) is 1. The summed E-state index contributed by atoms with van der Waals surface area (Å²) in [5.41, 5.74) is 1.89. The standard InChI is InChI=1S/C33H33ClN2O3/c34-27-19-17-25(18-20-27)22-36(32(37)23-39-31-16-8-12-26-11-4-7-15-29(26)31)30(21-24-9-2-1-3-10-24)33(38)35-28-13-5-6-14-28/h1-4,7-12,15-20,28,30H,5-6,13-14,21-23H2,(H,35,38)/t30-/m0/s1. The molecule has 0 bridgehead atoms. The maximum absolute atomic E-state index is 13.9. The molecule has 0 aromatic heterocycles. The van der Waals surface area contributed by atoms with Gasteiger partial charge < -0.3 is 15.0 Å². The molecular weight excluding hydrogens is 508 g/mol. The molecule has 0 radical (unpaired) electrons. The summed E-state index contributed by atoms with van der Waals surface area (Å²) in [6, 6.07) is 30.4. The van der Waals surface area contributed by atoms with Crippen molar-refractivity contribution in [2.24, 2.45) is 0 Å². The fourth-order valence-corrected chi connectivity index (χ4v) is 5.38. The van der Waals surface area contributed by atoms with E-state index in [0.717, 1.165) is 47.6 Å². The highest BCUT2D eigenvalue weighted by molar-refractivity contribution is 6.30. The summed E-state index contributed by atoms with van der Waals surface area (Å²) in [6.07, 6.45) is 4.58. The number of hydrogen-bond acceptors (Lipinski definition) is 3. The lowest BCUT2D eigenvalue weighted by molar-refractivity contribution is -0.143. The van der Waals surface area contributed by atoms with Crippen LogP contribution in [0.5, 0.6) is 5.75 Å². The van der Waals surface area contributed by atoms with E-state index >= 15 is 0 Å². The Kier molecular flexibility index (Phi) is 8.79. The minimum atomic E-state index is -0.688. The Morgan fingerprint density at radius 3 is 2.31 bits per heavy atom. The second-order valence-electron chi connectivity index (χ2n) is 10.1. The molecule has 6 heteroatoms. The zero-order valence-corrected chi connectivity index (χ0v) is 22.6. The SMILES string of the molecule is O=C(NC1CCCC1)[C@H](Cc1ccccc1)N(Cc1ccc(Cl)cc1)C(=O)COc1cccc2ccccc12. The van der Waals surface area contributed by atoms with Crippen LogP contribution in [0.4, 0.5) is 0 Å². The van der Waals surface area contributed by atoms with E-state index in [1.807, 2.05) is 84.9 Å². The van der Waals surface area contributed by atoms with Gasteiger partial charge in [0.2, 0.25) is 5.91 Å². The van der Waals surface area contributed by atoms with Crippen molar-refractivity contribution in [3.05, 3.63) is 113 Å². The summed E-state index contributed by atoms with van der Waals surface area (Å²) in [5, 5.41) is 5.84. The lowest BCUT2D eigenvalue weighted by atomic mass is 10.0. The molecule has 2 amide bonds. The van der Waals surface area contributed by atoms with Gasteiger partial charge in [0.15, 0.2) is 6.61 Å². The average Bonchev–Trinajstić information content (AvgIpc) is 3.48. The quantitative estimate of drug-likeness (QED) is 0.247. The second kappa shape index (κ2) is 12.8. The molecule has 0 saturated heterocycles. The highest BCUT2D eigenvalue weighted by Gasteiger charge is 2.32. The zero-order valence-electron chi connectivity index (χ0n) is 21.9. The molecule has 4 aromatic rings. The third-order valence-corrected chi connectivity index (χ3v) is 7.59. The number of carbonyl (C=O) groups is 2. The van der Waals surface area contributed by atoms with Crippen molar-refractivity contribution in [3.8, 4) is 5.75 Å². The number of amides is 2. The number of nitrogens with one attached hydrogen (secondary N) is 1. The van der Waals surface area contributed by atoms with Gasteiger partial charge in [-0.1, -0.05) is 103 Å². The molecule has 5 rings (SSSR count). The van der Waals surface area contributed by atoms with Crippen LogP contribution >= 0.6 is 11.6 Å². The Balaban J connectivity index is 1.43. The Morgan fingerprint density at radius 2 is 1.54 bits per heavy atom. The molecule has 1 aliphatic carbocycles. The van der Waals surface area contributed by atoms with Gasteiger partial charge in [-0.15, -0.1) is 0 Å². The number of fused-ring (bicyclic) bond motifs is 1. The van der Waals surface area contributed by atoms with Crippen molar-refractivity contribution >= 4 is 34.2 Å². The minimum absolute atomic E-state index is 0.127. The molecule has 0 aliphatic heterocycles.